The van der Waals surface area contributed by atoms with Crippen LogP contribution >= 0.6 is 0 Å². The Morgan fingerprint density at radius 1 is 1.13 bits per heavy atom. The van der Waals surface area contributed by atoms with Crippen molar-refractivity contribution in [2.24, 2.45) is 0 Å². The number of aryl methyl sites for hydroxylation is 2. The van der Waals surface area contributed by atoms with Crippen molar-refractivity contribution in [1.29, 1.82) is 5.26 Å². The van der Waals surface area contributed by atoms with E-state index in [4.69, 9.17) is 11.0 Å². The van der Waals surface area contributed by atoms with Gasteiger partial charge in [0.15, 0.2) is 5.65 Å². The molecule has 2 aromatic heterocycles. The van der Waals surface area contributed by atoms with Crippen molar-refractivity contribution < 1.29 is 0 Å². The van der Waals surface area contributed by atoms with Gasteiger partial charge in [-0.05, 0) is 43.2 Å². The monoisotopic (exact) mass is 304 g/mol. The standard InChI is InChI=1S/C17H16N6/c1-10-7-11(2)21-16-14(10)15(19)22-17(23-16)20-9-13-5-3-12(8-18)4-6-13/h3-7H,9H2,1-2H3,(H3,19,20,21,22,23). The minimum Gasteiger partial charge on any atom is -0.383 e. The van der Waals surface area contributed by atoms with Crippen LogP contribution in [0.25, 0.3) is 11.0 Å². The fraction of sp³-hybridized carbons (Fsp3) is 0.176. The van der Waals surface area contributed by atoms with E-state index in [1.807, 2.05) is 32.0 Å². The van der Waals surface area contributed by atoms with Crippen molar-refractivity contribution >= 4 is 22.8 Å². The van der Waals surface area contributed by atoms with Crippen molar-refractivity contribution in [3.63, 3.8) is 0 Å². The van der Waals surface area contributed by atoms with Gasteiger partial charge in [-0.1, -0.05) is 12.1 Å². The third-order valence-corrected chi connectivity index (χ3v) is 3.55. The number of fused-ring (bicyclic) bond motifs is 1. The van der Waals surface area contributed by atoms with Crippen molar-refractivity contribution in [3.8, 4) is 6.07 Å². The lowest BCUT2D eigenvalue weighted by Crippen LogP contribution is -2.07. The molecule has 3 rings (SSSR count). The Morgan fingerprint density at radius 3 is 2.57 bits per heavy atom. The van der Waals surface area contributed by atoms with Crippen molar-refractivity contribution in [2.45, 2.75) is 20.4 Å². The molecule has 0 amide bonds. The summed E-state index contributed by atoms with van der Waals surface area (Å²) in [5.41, 5.74) is 10.2. The van der Waals surface area contributed by atoms with Gasteiger partial charge in [-0.15, -0.1) is 0 Å². The summed E-state index contributed by atoms with van der Waals surface area (Å²) in [5.74, 6) is 0.860. The topological polar surface area (TPSA) is 101 Å². The van der Waals surface area contributed by atoms with Gasteiger partial charge in [-0.2, -0.15) is 15.2 Å². The molecule has 0 atom stereocenters. The number of nitrogens with one attached hydrogen (secondary N) is 1. The zero-order valence-electron chi connectivity index (χ0n) is 13.0. The Labute approximate surface area is 134 Å². The van der Waals surface area contributed by atoms with E-state index in [-0.39, 0.29) is 0 Å². The Kier molecular flexibility index (Phi) is 3.77. The summed E-state index contributed by atoms with van der Waals surface area (Å²) in [6.07, 6.45) is 0. The zero-order chi connectivity index (χ0) is 16.4. The maximum Gasteiger partial charge on any atom is 0.226 e. The predicted octanol–water partition coefficient (Wildman–Crippen LogP) is 2.71. The molecule has 3 aromatic rings. The molecule has 0 bridgehead atoms. The Bertz CT molecular complexity index is 909. The maximum atomic E-state index is 8.81. The lowest BCUT2D eigenvalue weighted by molar-refractivity contribution is 1.06. The summed E-state index contributed by atoms with van der Waals surface area (Å²) in [5, 5.41) is 12.7. The molecule has 0 unspecified atom stereocenters. The van der Waals surface area contributed by atoms with Crippen LogP contribution in [0.5, 0.6) is 0 Å². The molecule has 6 nitrogen and oxygen atoms in total. The average Bonchev–Trinajstić information content (AvgIpc) is 2.52. The van der Waals surface area contributed by atoms with Crippen molar-refractivity contribution in [3.05, 3.63) is 52.7 Å². The summed E-state index contributed by atoms with van der Waals surface area (Å²) in [4.78, 5) is 13.2. The fourth-order valence-corrected chi connectivity index (χ4v) is 2.47. The SMILES string of the molecule is Cc1cc(C)c2c(N)nc(NCc3ccc(C#N)cc3)nc2n1. The summed E-state index contributed by atoms with van der Waals surface area (Å²) in [6.45, 7) is 4.44. The van der Waals surface area contributed by atoms with Gasteiger partial charge in [0.05, 0.1) is 17.0 Å². The normalized spacial score (nSPS) is 10.5. The quantitative estimate of drug-likeness (QED) is 0.771. The second kappa shape index (κ2) is 5.89. The van der Waals surface area contributed by atoms with Gasteiger partial charge in [-0.3, -0.25) is 0 Å². The van der Waals surface area contributed by atoms with E-state index >= 15 is 0 Å². The van der Waals surface area contributed by atoms with Crippen LogP contribution in [0.15, 0.2) is 30.3 Å². The van der Waals surface area contributed by atoms with E-state index in [0.29, 0.717) is 29.5 Å². The lowest BCUT2D eigenvalue weighted by atomic mass is 10.1. The number of nitriles is 1. The van der Waals surface area contributed by atoms with Gasteiger partial charge in [0.25, 0.3) is 0 Å². The van der Waals surface area contributed by atoms with Crippen LogP contribution in [-0.2, 0) is 6.54 Å². The van der Waals surface area contributed by atoms with E-state index in [1.54, 1.807) is 12.1 Å². The van der Waals surface area contributed by atoms with E-state index < -0.39 is 0 Å². The molecule has 0 radical (unpaired) electrons. The molecule has 0 spiro atoms. The van der Waals surface area contributed by atoms with Crippen LogP contribution < -0.4 is 11.1 Å². The van der Waals surface area contributed by atoms with Gasteiger partial charge in [0.2, 0.25) is 5.95 Å². The molecule has 0 fully saturated rings. The van der Waals surface area contributed by atoms with E-state index in [0.717, 1.165) is 22.2 Å². The molecule has 0 saturated carbocycles. The summed E-state index contributed by atoms with van der Waals surface area (Å²) >= 11 is 0. The van der Waals surface area contributed by atoms with E-state index in [1.165, 1.54) is 0 Å². The fourth-order valence-electron chi connectivity index (χ4n) is 2.47. The number of hydrogen-bond acceptors (Lipinski definition) is 6. The highest BCUT2D eigenvalue weighted by Gasteiger charge is 2.09. The molecule has 0 aliphatic carbocycles. The highest BCUT2D eigenvalue weighted by atomic mass is 15.1. The summed E-state index contributed by atoms with van der Waals surface area (Å²) in [6, 6.07) is 11.4. The van der Waals surface area contributed by atoms with Crippen LogP contribution in [0.2, 0.25) is 0 Å². The molecule has 2 heterocycles. The van der Waals surface area contributed by atoms with Crippen molar-refractivity contribution in [2.75, 3.05) is 11.1 Å². The van der Waals surface area contributed by atoms with Gasteiger partial charge in [0, 0.05) is 12.2 Å². The average molecular weight is 304 g/mol. The molecular weight excluding hydrogens is 288 g/mol. The number of anilines is 2. The van der Waals surface area contributed by atoms with Gasteiger partial charge in [-0.25, -0.2) is 4.98 Å². The summed E-state index contributed by atoms with van der Waals surface area (Å²) in [7, 11) is 0. The third-order valence-electron chi connectivity index (χ3n) is 3.55. The highest BCUT2D eigenvalue weighted by Crippen LogP contribution is 2.22. The van der Waals surface area contributed by atoms with Gasteiger partial charge in [0.1, 0.15) is 5.82 Å². The van der Waals surface area contributed by atoms with Gasteiger partial charge < -0.3 is 11.1 Å². The Morgan fingerprint density at radius 2 is 1.87 bits per heavy atom. The van der Waals surface area contributed by atoms with Crippen LogP contribution in [0, 0.1) is 25.2 Å². The smallest absolute Gasteiger partial charge is 0.226 e. The van der Waals surface area contributed by atoms with Crippen molar-refractivity contribution in [1.82, 2.24) is 15.0 Å². The minimum absolute atomic E-state index is 0.419. The maximum absolute atomic E-state index is 8.81. The minimum atomic E-state index is 0.419. The molecule has 114 valence electrons. The first-order chi connectivity index (χ1) is 11.1. The van der Waals surface area contributed by atoms with Crippen LogP contribution in [-0.4, -0.2) is 15.0 Å². The molecular formula is C17H16N6. The third kappa shape index (κ3) is 3.04. The number of aromatic nitrogens is 3. The molecule has 0 aliphatic rings. The van der Waals surface area contributed by atoms with E-state index in [2.05, 4.69) is 26.3 Å². The molecule has 0 saturated heterocycles. The predicted molar refractivity (Wildman–Crippen MR) is 89.7 cm³/mol. The second-order valence-corrected chi connectivity index (χ2v) is 5.37. The Hall–Kier alpha value is -3.20. The number of nitrogen functional groups attached to an aromatic ring is 1. The first-order valence-electron chi connectivity index (χ1n) is 7.21. The van der Waals surface area contributed by atoms with Crippen LogP contribution in [0.3, 0.4) is 0 Å². The number of pyridine rings is 1. The first kappa shape index (κ1) is 14.7. The lowest BCUT2D eigenvalue weighted by Gasteiger charge is -2.09. The number of hydrogen-bond donors (Lipinski definition) is 2. The number of nitrogens with two attached hydrogens (primary N) is 1. The number of nitrogens with zero attached hydrogens (tertiary/aromatic N) is 4. The Balaban J connectivity index is 1.87. The number of rotatable bonds is 3. The van der Waals surface area contributed by atoms with Crippen LogP contribution in [0.4, 0.5) is 11.8 Å². The van der Waals surface area contributed by atoms with E-state index in [9.17, 15) is 0 Å². The molecule has 23 heavy (non-hydrogen) atoms. The summed E-state index contributed by atoms with van der Waals surface area (Å²) < 4.78 is 0. The second-order valence-electron chi connectivity index (χ2n) is 5.37. The van der Waals surface area contributed by atoms with Crippen LogP contribution in [0.1, 0.15) is 22.4 Å². The molecule has 3 N–H and O–H groups in total. The largest absolute Gasteiger partial charge is 0.383 e. The zero-order valence-corrected chi connectivity index (χ0v) is 13.0. The number of benzene rings is 1. The van der Waals surface area contributed by atoms with Gasteiger partial charge >= 0.3 is 0 Å². The molecule has 6 heteroatoms. The highest BCUT2D eigenvalue weighted by molar-refractivity contribution is 5.89. The first-order valence-corrected chi connectivity index (χ1v) is 7.21. The molecule has 1 aromatic carbocycles. The molecule has 0 aliphatic heterocycles.